The fourth-order valence-corrected chi connectivity index (χ4v) is 9.11. The van der Waals surface area contributed by atoms with E-state index < -0.39 is 93.6 Å². The van der Waals surface area contributed by atoms with Gasteiger partial charge in [0.05, 0.1) is 47.0 Å². The fourth-order valence-electron chi connectivity index (χ4n) is 6.97. The third-order valence-electron chi connectivity index (χ3n) is 10.0. The quantitative estimate of drug-likeness (QED) is 0.0424. The van der Waals surface area contributed by atoms with Crippen LogP contribution < -0.4 is 10.6 Å². The number of imide groups is 4. The maximum atomic E-state index is 12.9. The van der Waals surface area contributed by atoms with Crippen molar-refractivity contribution in [2.75, 3.05) is 38.8 Å². The van der Waals surface area contributed by atoms with Gasteiger partial charge >= 0.3 is 11.9 Å². The van der Waals surface area contributed by atoms with Crippen LogP contribution in [0.2, 0.25) is 0 Å². The summed E-state index contributed by atoms with van der Waals surface area (Å²) in [5.74, 6) is -5.45. The molecule has 4 aliphatic rings. The number of carbonyl (C=O) groups is 10. The number of piperidine rings is 2. The van der Waals surface area contributed by atoms with E-state index in [9.17, 15) is 56.4 Å². The van der Waals surface area contributed by atoms with Crippen LogP contribution in [0.4, 0.5) is 0 Å². The van der Waals surface area contributed by atoms with Crippen LogP contribution in [0.25, 0.3) is 0 Å². The van der Waals surface area contributed by atoms with Crippen molar-refractivity contribution in [3.8, 4) is 0 Å². The number of aryl methyl sites for hydroxylation is 1. The first kappa shape index (κ1) is 56.3. The number of ether oxygens (including phenoxy) is 3. The van der Waals surface area contributed by atoms with Crippen LogP contribution in [0.15, 0.2) is 75.4 Å². The Labute approximate surface area is 412 Å². The van der Waals surface area contributed by atoms with Gasteiger partial charge in [-0.3, -0.25) is 63.0 Å². The van der Waals surface area contributed by atoms with E-state index in [1.165, 1.54) is 36.0 Å². The molecule has 376 valence electrons. The molecule has 0 spiro atoms. The lowest BCUT2D eigenvalue weighted by Gasteiger charge is -2.27. The molecule has 24 heteroatoms. The van der Waals surface area contributed by atoms with Crippen molar-refractivity contribution in [2.45, 2.75) is 93.2 Å². The molecule has 0 radical (unpaired) electrons. The number of amides is 8. The minimum atomic E-state index is -3.80. The van der Waals surface area contributed by atoms with Gasteiger partial charge in [-0.05, 0) is 76.9 Å². The highest BCUT2D eigenvalue weighted by Gasteiger charge is 2.47. The van der Waals surface area contributed by atoms with Crippen molar-refractivity contribution >= 4 is 93.7 Å². The van der Waals surface area contributed by atoms with Crippen molar-refractivity contribution in [1.82, 2.24) is 20.4 Å². The van der Waals surface area contributed by atoms with Gasteiger partial charge in [-0.2, -0.15) is 8.42 Å². The first-order chi connectivity index (χ1) is 32.5. The molecule has 3 N–H and O–H groups in total. The van der Waals surface area contributed by atoms with Crippen LogP contribution in [-0.4, -0.2) is 139 Å². The maximum Gasteiger partial charge on any atom is 0.332 e. The second-order valence-electron chi connectivity index (χ2n) is 16.3. The van der Waals surface area contributed by atoms with Gasteiger partial charge in [-0.15, -0.1) is 24.4 Å². The molecule has 4 heterocycles. The zero-order valence-corrected chi connectivity index (χ0v) is 40.2. The number of hydrogen-bond donors (Lipinski definition) is 4. The van der Waals surface area contributed by atoms with Crippen molar-refractivity contribution in [3.05, 3.63) is 88.5 Å². The second-order valence-corrected chi connectivity index (χ2v) is 19.5. The summed E-state index contributed by atoms with van der Waals surface area (Å²) in [5, 5.41) is 12.8. The summed E-state index contributed by atoms with van der Waals surface area (Å²) in [6.45, 7) is 6.44. The first-order valence-corrected chi connectivity index (χ1v) is 23.9. The Morgan fingerprint density at radius 1 is 0.729 bits per heavy atom. The minimum absolute atomic E-state index is 0. The lowest BCUT2D eigenvalue weighted by Crippen LogP contribution is -2.54. The normalized spacial score (nSPS) is 17.6. The van der Waals surface area contributed by atoms with E-state index in [2.05, 4.69) is 23.3 Å². The lowest BCUT2D eigenvalue weighted by atomic mass is 10.0. The summed E-state index contributed by atoms with van der Waals surface area (Å²) in [7, 11) is -3.80. The Bertz CT molecular complexity index is 2670. The predicted molar refractivity (Wildman–Crippen MR) is 250 cm³/mol. The lowest BCUT2D eigenvalue weighted by molar-refractivity contribution is -0.160. The smallest absolute Gasteiger partial charge is 0.332 e. The van der Waals surface area contributed by atoms with E-state index in [1.807, 2.05) is 6.92 Å². The molecule has 70 heavy (non-hydrogen) atoms. The van der Waals surface area contributed by atoms with Gasteiger partial charge in [0.25, 0.3) is 33.7 Å². The summed E-state index contributed by atoms with van der Waals surface area (Å²) < 4.78 is 43.6. The Hall–Kier alpha value is -6.31. The molecule has 3 aromatic rings. The molecule has 7 rings (SSSR count). The summed E-state index contributed by atoms with van der Waals surface area (Å²) in [6, 6.07) is 14.0. The van der Waals surface area contributed by atoms with Gasteiger partial charge < -0.3 is 19.3 Å². The summed E-state index contributed by atoms with van der Waals surface area (Å²) in [5.41, 5.74) is 1.26. The highest BCUT2D eigenvalue weighted by Crippen LogP contribution is 2.35. The van der Waals surface area contributed by atoms with E-state index in [4.69, 9.17) is 23.5 Å². The molecule has 0 saturated carbocycles. The number of benzene rings is 3. The van der Waals surface area contributed by atoms with Crippen molar-refractivity contribution in [3.63, 3.8) is 0 Å². The van der Waals surface area contributed by atoms with Gasteiger partial charge in [0.15, 0.2) is 0 Å². The maximum absolute atomic E-state index is 12.9. The standard InChI is InChI=1S/C17H16N2O7S.C15H22O6S.C13H10N2O4S.CH4/c20-12-5-4-10(15(23)18-12)19-16(24)9-2-1-3-11(14(9)17(19)25)27-7-6-26-8-13(21)22;1-12-5-7-13(8-6-12)22(17,18)20-10-9-19-11-14(16)21-15(2,3)4;16-9-5-4-7(11(17)14-9)15-12(18)6-2-1-3-8(20)10(6)13(15)19;/h1-3,10H,4-8H2,(H,21,22)(H,18,20,23);5-8H,9-11H2,1-4H3;1-3,7,20H,4-5H2,(H,14,16,17);1H4. The number of nitrogens with one attached hydrogen (secondary N) is 2. The van der Waals surface area contributed by atoms with Crippen LogP contribution in [0.1, 0.15) is 101 Å². The first-order valence-electron chi connectivity index (χ1n) is 21.1. The largest absolute Gasteiger partial charge is 0.480 e. The SMILES string of the molecule is C.Cc1ccc(S(=O)(=O)OCCOCC(=O)OC(C)(C)C)cc1.O=C(O)COCCSc1cccc2c1C(=O)N(C1CCC(=O)NC1=O)C2=O.O=C1CCC(N2C(=O)c3cccc(S)c3C2=O)C(=O)N1. The van der Waals surface area contributed by atoms with Gasteiger partial charge in [-0.1, -0.05) is 37.3 Å². The Morgan fingerprint density at radius 2 is 1.24 bits per heavy atom. The number of carbonyl (C=O) groups excluding carboxylic acids is 9. The third-order valence-corrected chi connectivity index (χ3v) is 12.7. The molecule has 4 aliphatic heterocycles. The number of fused-ring (bicyclic) bond motifs is 2. The van der Waals surface area contributed by atoms with Gasteiger partial charge in [-0.25, -0.2) is 9.59 Å². The Kier molecular flexibility index (Phi) is 19.7. The van der Waals surface area contributed by atoms with Crippen LogP contribution in [0.3, 0.4) is 0 Å². The van der Waals surface area contributed by atoms with Crippen molar-refractivity contribution in [1.29, 1.82) is 0 Å². The molecule has 2 saturated heterocycles. The topological polar surface area (TPSA) is 293 Å². The van der Waals surface area contributed by atoms with Gasteiger partial charge in [0.2, 0.25) is 23.6 Å². The van der Waals surface area contributed by atoms with Crippen molar-refractivity contribution < 1.29 is 79.9 Å². The minimum Gasteiger partial charge on any atom is -0.480 e. The molecule has 21 nitrogen and oxygen atoms in total. The van der Waals surface area contributed by atoms with Gasteiger partial charge in [0.1, 0.15) is 30.9 Å². The molecule has 2 unspecified atom stereocenters. The number of thiol groups is 1. The van der Waals surface area contributed by atoms with Crippen LogP contribution in [0, 0.1) is 6.92 Å². The summed E-state index contributed by atoms with van der Waals surface area (Å²) >= 11 is 5.44. The summed E-state index contributed by atoms with van der Waals surface area (Å²) in [4.78, 5) is 121. The number of carboxylic acids is 1. The third kappa shape index (κ3) is 14.4. The average Bonchev–Trinajstić information content (AvgIpc) is 3.68. The molecular weight excluding hydrogens is 977 g/mol. The Balaban J connectivity index is 0.000000230. The highest BCUT2D eigenvalue weighted by atomic mass is 32.2. The molecule has 0 bridgehead atoms. The van der Waals surface area contributed by atoms with Gasteiger partial charge in [0, 0.05) is 28.4 Å². The molecule has 0 aliphatic carbocycles. The van der Waals surface area contributed by atoms with Crippen LogP contribution in [-0.2, 0) is 57.3 Å². The average molecular weight is 1030 g/mol. The summed E-state index contributed by atoms with van der Waals surface area (Å²) in [6.07, 6.45) is 0.420. The van der Waals surface area contributed by atoms with E-state index >= 15 is 0 Å². The number of rotatable bonds is 15. The number of carboxylic acid groups (broad SMARTS) is 1. The molecule has 2 atom stereocenters. The van der Waals surface area contributed by atoms with E-state index in [-0.39, 0.29) is 86.7 Å². The highest BCUT2D eigenvalue weighted by molar-refractivity contribution is 7.99. The van der Waals surface area contributed by atoms with E-state index in [0.29, 0.717) is 15.5 Å². The number of aliphatic carboxylic acids is 1. The van der Waals surface area contributed by atoms with Crippen LogP contribution in [0.5, 0.6) is 0 Å². The Morgan fingerprint density at radius 3 is 1.76 bits per heavy atom. The van der Waals surface area contributed by atoms with E-state index in [1.54, 1.807) is 57.2 Å². The van der Waals surface area contributed by atoms with Crippen molar-refractivity contribution in [2.24, 2.45) is 0 Å². The predicted octanol–water partition coefficient (Wildman–Crippen LogP) is 3.35. The second kappa shape index (κ2) is 24.5. The molecule has 0 aromatic heterocycles. The number of nitrogens with zero attached hydrogens (tertiary/aromatic N) is 2. The zero-order chi connectivity index (χ0) is 50.8. The number of hydrogen-bond acceptors (Lipinski definition) is 18. The fraction of sp³-hybridized carbons (Fsp3) is 0.391. The number of esters is 1. The van der Waals surface area contributed by atoms with Crippen LogP contribution >= 0.6 is 24.4 Å². The molecule has 3 aromatic carbocycles. The molecular formula is C46H52N4O17S3. The van der Waals surface area contributed by atoms with E-state index in [0.717, 1.165) is 15.4 Å². The molecule has 8 amide bonds. The monoisotopic (exact) mass is 1030 g/mol. The zero-order valence-electron chi connectivity index (χ0n) is 37.6. The number of thioether (sulfide) groups is 1. The molecule has 2 fully saturated rings.